The van der Waals surface area contributed by atoms with E-state index in [9.17, 15) is 19.5 Å². The topological polar surface area (TPSA) is 144 Å². The number of anilines is 2. The van der Waals surface area contributed by atoms with Gasteiger partial charge in [-0.05, 0) is 75.2 Å². The number of halogens is 1. The van der Waals surface area contributed by atoms with Gasteiger partial charge in [-0.15, -0.1) is 4.73 Å². The maximum atomic E-state index is 14.4. The lowest BCUT2D eigenvalue weighted by atomic mass is 10.1. The summed E-state index contributed by atoms with van der Waals surface area (Å²) in [7, 11) is 0. The summed E-state index contributed by atoms with van der Waals surface area (Å²) in [6.07, 6.45) is 11.6. The van der Waals surface area contributed by atoms with Gasteiger partial charge in [0.05, 0.1) is 59.2 Å². The van der Waals surface area contributed by atoms with E-state index in [-0.39, 0.29) is 69.9 Å². The van der Waals surface area contributed by atoms with Crippen molar-refractivity contribution >= 4 is 68.5 Å². The molecule has 0 bridgehead atoms. The van der Waals surface area contributed by atoms with Crippen LogP contribution in [0.2, 0.25) is 5.02 Å². The highest BCUT2D eigenvalue weighted by molar-refractivity contribution is 6.49. The van der Waals surface area contributed by atoms with Gasteiger partial charge in [0, 0.05) is 18.8 Å². The average Bonchev–Trinajstić information content (AvgIpc) is 3.22. The molecule has 0 radical (unpaired) electrons. The molecule has 3 aromatic carbocycles. The van der Waals surface area contributed by atoms with E-state index < -0.39 is 17.4 Å². The SMILES string of the molecule is [C-]#[N+]c1cc2nc(C(=Nc3ccc(N(CC)CCO)cc3C)C(=O)Nc3cc(C(=O)OCCCCCCCCCCCC)ccc3Cl)n(OCC)c(=O)c2cc1[N+]#[C-]. The average molecular weight is 810 g/mol. The maximum Gasteiger partial charge on any atom is 0.338 e. The summed E-state index contributed by atoms with van der Waals surface area (Å²) in [6, 6.07) is 12.4. The molecule has 0 unspecified atom stereocenters. The molecule has 2 N–H and O–H groups in total. The fraction of sp³-hybridized carbons (Fsp3) is 0.432. The lowest BCUT2D eigenvalue weighted by Gasteiger charge is -2.22. The number of aliphatic hydroxyl groups is 1. The first-order valence-electron chi connectivity index (χ1n) is 19.9. The van der Waals surface area contributed by atoms with Crippen LogP contribution in [0.1, 0.15) is 107 Å². The van der Waals surface area contributed by atoms with Crippen LogP contribution in [0.4, 0.5) is 28.4 Å². The standard InChI is InChI=1S/C44H52ClN7O6/c1-7-10-11-12-13-14-15-16-17-18-25-57-44(56)31-19-21-34(45)37(27-31)50-42(54)40(48-35-22-20-32(26-30(35)4)51(8-2)23-24-53)41-49-36-29-39(47-6)38(46-5)28-33(36)43(55)52(41)58-9-3/h19-22,26-29,53H,7-18,23-25H2,1-4H3,(H,50,54). The van der Waals surface area contributed by atoms with Gasteiger partial charge in [-0.3, -0.25) is 19.3 Å². The Labute approximate surface area is 345 Å². The van der Waals surface area contributed by atoms with E-state index in [2.05, 4.69) is 26.9 Å². The first-order valence-corrected chi connectivity index (χ1v) is 20.3. The van der Waals surface area contributed by atoms with Crippen LogP contribution >= 0.6 is 11.6 Å². The molecule has 58 heavy (non-hydrogen) atoms. The molecule has 0 saturated heterocycles. The molecule has 0 saturated carbocycles. The van der Waals surface area contributed by atoms with Crippen molar-refractivity contribution in [1.29, 1.82) is 0 Å². The van der Waals surface area contributed by atoms with Gasteiger partial charge in [0.15, 0.2) is 17.1 Å². The quantitative estimate of drug-likeness (QED) is 0.0346. The molecule has 0 aliphatic heterocycles. The van der Waals surface area contributed by atoms with Crippen LogP contribution in [0, 0.1) is 20.1 Å². The number of carbonyl (C=O) groups is 2. The molecule has 306 valence electrons. The van der Waals surface area contributed by atoms with Crippen LogP contribution in [0.3, 0.4) is 0 Å². The number of amides is 1. The highest BCUT2D eigenvalue weighted by atomic mass is 35.5. The summed E-state index contributed by atoms with van der Waals surface area (Å²) in [5, 5.41) is 12.4. The number of fused-ring (bicyclic) bond motifs is 1. The van der Waals surface area contributed by atoms with Gasteiger partial charge in [-0.2, -0.15) is 0 Å². The van der Waals surface area contributed by atoms with Gasteiger partial charge < -0.3 is 24.9 Å². The Morgan fingerprint density at radius 2 is 1.60 bits per heavy atom. The number of esters is 1. The van der Waals surface area contributed by atoms with Gasteiger partial charge >= 0.3 is 5.97 Å². The number of carbonyl (C=O) groups excluding carboxylic acids is 2. The number of unbranched alkanes of at least 4 members (excludes halogenated alkanes) is 9. The van der Waals surface area contributed by atoms with Crippen molar-refractivity contribution < 1.29 is 24.3 Å². The minimum absolute atomic E-state index is 0.00531. The Bertz CT molecular complexity index is 2240. The lowest BCUT2D eigenvalue weighted by molar-refractivity contribution is -0.110. The number of aliphatic hydroxyl groups excluding tert-OH is 1. The molecule has 0 spiro atoms. The van der Waals surface area contributed by atoms with Crippen molar-refractivity contribution in [2.75, 3.05) is 43.1 Å². The van der Waals surface area contributed by atoms with E-state index in [0.29, 0.717) is 24.3 Å². The highest BCUT2D eigenvalue weighted by Gasteiger charge is 2.26. The number of aromatic nitrogens is 2. The Balaban J connectivity index is 1.67. The normalized spacial score (nSPS) is 11.2. The third-order valence-corrected chi connectivity index (χ3v) is 9.89. The predicted molar refractivity (Wildman–Crippen MR) is 230 cm³/mol. The van der Waals surface area contributed by atoms with Crippen LogP contribution in [-0.4, -0.2) is 65.3 Å². The van der Waals surface area contributed by atoms with Crippen molar-refractivity contribution in [3.8, 4) is 0 Å². The largest absolute Gasteiger partial charge is 0.462 e. The number of likely N-dealkylation sites (N-methyl/N-ethyl adjacent to an activating group) is 1. The second-order valence-corrected chi connectivity index (χ2v) is 14.1. The van der Waals surface area contributed by atoms with E-state index in [1.54, 1.807) is 19.1 Å². The molecule has 1 amide bonds. The number of hydrogen-bond donors (Lipinski definition) is 2. The minimum atomic E-state index is -0.834. The molecule has 0 atom stereocenters. The summed E-state index contributed by atoms with van der Waals surface area (Å²) >= 11 is 6.56. The number of aryl methyl sites for hydroxylation is 1. The fourth-order valence-electron chi connectivity index (χ4n) is 6.41. The van der Waals surface area contributed by atoms with Crippen LogP contribution in [0.25, 0.3) is 20.6 Å². The molecule has 1 heterocycles. The highest BCUT2D eigenvalue weighted by Crippen LogP contribution is 2.32. The van der Waals surface area contributed by atoms with E-state index in [1.807, 2.05) is 24.8 Å². The number of ether oxygens (including phenoxy) is 1. The van der Waals surface area contributed by atoms with Crippen molar-refractivity contribution in [2.45, 2.75) is 91.9 Å². The van der Waals surface area contributed by atoms with Crippen molar-refractivity contribution in [1.82, 2.24) is 9.71 Å². The first-order chi connectivity index (χ1) is 28.1. The van der Waals surface area contributed by atoms with E-state index in [0.717, 1.165) is 29.7 Å². The summed E-state index contributed by atoms with van der Waals surface area (Å²) in [6.45, 7) is 24.0. The zero-order valence-corrected chi connectivity index (χ0v) is 34.5. The van der Waals surface area contributed by atoms with Crippen molar-refractivity contribution in [3.05, 3.63) is 104 Å². The smallest absolute Gasteiger partial charge is 0.338 e. The van der Waals surface area contributed by atoms with E-state index in [1.165, 1.54) is 75.3 Å². The summed E-state index contributed by atoms with van der Waals surface area (Å²) in [4.78, 5) is 65.3. The van der Waals surface area contributed by atoms with Crippen molar-refractivity contribution in [2.24, 2.45) is 4.99 Å². The molecule has 14 heteroatoms. The third-order valence-electron chi connectivity index (χ3n) is 9.56. The molecule has 4 rings (SSSR count). The molecule has 4 aromatic rings. The summed E-state index contributed by atoms with van der Waals surface area (Å²) in [5.41, 5.74) is 1.09. The maximum absolute atomic E-state index is 14.4. The van der Waals surface area contributed by atoms with Gasteiger partial charge in [0.25, 0.3) is 11.5 Å². The second-order valence-electron chi connectivity index (χ2n) is 13.7. The molecule has 0 fully saturated rings. The number of aliphatic imine (C=N–C) groups is 1. The molecular weight excluding hydrogens is 758 g/mol. The summed E-state index contributed by atoms with van der Waals surface area (Å²) in [5.74, 6) is -1.67. The Kier molecular flexibility index (Phi) is 17.7. The van der Waals surface area contributed by atoms with Crippen LogP contribution in [0.5, 0.6) is 0 Å². The Morgan fingerprint density at radius 1 is 0.931 bits per heavy atom. The van der Waals surface area contributed by atoms with Crippen LogP contribution in [0.15, 0.2) is 58.3 Å². The zero-order valence-electron chi connectivity index (χ0n) is 33.8. The van der Waals surface area contributed by atoms with Crippen LogP contribution < -0.4 is 20.6 Å². The minimum Gasteiger partial charge on any atom is -0.462 e. The zero-order chi connectivity index (χ0) is 42.0. The number of nitrogens with one attached hydrogen (secondary N) is 1. The first kappa shape index (κ1) is 44.9. The monoisotopic (exact) mass is 809 g/mol. The second kappa shape index (κ2) is 22.8. The number of benzene rings is 3. The van der Waals surface area contributed by atoms with Crippen molar-refractivity contribution in [3.63, 3.8) is 0 Å². The fourth-order valence-corrected chi connectivity index (χ4v) is 6.58. The Hall–Kier alpha value is -5.76. The van der Waals surface area contributed by atoms with Gasteiger partial charge in [0.2, 0.25) is 5.82 Å². The van der Waals surface area contributed by atoms with E-state index in [4.69, 9.17) is 39.3 Å². The van der Waals surface area contributed by atoms with Gasteiger partial charge in [-0.25, -0.2) is 14.8 Å². The third kappa shape index (κ3) is 11.9. The molecule has 0 aliphatic rings. The molecule has 1 aromatic heterocycles. The number of nitrogens with zero attached hydrogens (tertiary/aromatic N) is 6. The van der Waals surface area contributed by atoms with Crippen LogP contribution in [-0.2, 0) is 9.53 Å². The number of hydrogen-bond acceptors (Lipinski definition) is 9. The molecular formula is C44H52ClN7O6. The summed E-state index contributed by atoms with van der Waals surface area (Å²) < 4.78 is 6.40. The Morgan fingerprint density at radius 3 is 2.22 bits per heavy atom. The van der Waals surface area contributed by atoms with Gasteiger partial charge in [-0.1, -0.05) is 82.4 Å². The molecule has 0 aliphatic carbocycles. The molecule has 13 nitrogen and oxygen atoms in total. The predicted octanol–water partition coefficient (Wildman–Crippen LogP) is 9.56. The van der Waals surface area contributed by atoms with Gasteiger partial charge in [0.1, 0.15) is 6.61 Å². The lowest BCUT2D eigenvalue weighted by Crippen LogP contribution is -2.37. The van der Waals surface area contributed by atoms with E-state index >= 15 is 0 Å². The number of rotatable bonds is 22.